The van der Waals surface area contributed by atoms with Crippen molar-refractivity contribution >= 4 is 5.69 Å². The Morgan fingerprint density at radius 2 is 1.86 bits per heavy atom. The summed E-state index contributed by atoms with van der Waals surface area (Å²) in [7, 11) is 0. The summed E-state index contributed by atoms with van der Waals surface area (Å²) in [4.78, 5) is 10.1. The van der Waals surface area contributed by atoms with Gasteiger partial charge in [0.2, 0.25) is 6.79 Å². The molecule has 6 heteroatoms. The van der Waals surface area contributed by atoms with Crippen molar-refractivity contribution in [2.45, 2.75) is 12.5 Å². The van der Waals surface area contributed by atoms with E-state index < -0.39 is 11.0 Å². The van der Waals surface area contributed by atoms with Crippen molar-refractivity contribution in [2.24, 2.45) is 0 Å². The van der Waals surface area contributed by atoms with Crippen LogP contribution in [0.25, 0.3) is 0 Å². The molecule has 2 aromatic carbocycles. The van der Waals surface area contributed by atoms with E-state index in [0.717, 1.165) is 11.1 Å². The van der Waals surface area contributed by atoms with Crippen LogP contribution in [-0.4, -0.2) is 16.8 Å². The Bertz CT molecular complexity index is 668. The van der Waals surface area contributed by atoms with E-state index in [-0.39, 0.29) is 12.5 Å². The molecule has 0 saturated carbocycles. The average molecular weight is 287 g/mol. The molecule has 1 heterocycles. The van der Waals surface area contributed by atoms with E-state index in [4.69, 9.17) is 9.47 Å². The molecule has 0 fully saturated rings. The van der Waals surface area contributed by atoms with Gasteiger partial charge in [-0.1, -0.05) is 18.2 Å². The van der Waals surface area contributed by atoms with Crippen molar-refractivity contribution in [1.82, 2.24) is 0 Å². The quantitative estimate of drug-likeness (QED) is 0.690. The number of non-ortho nitro benzene ring substituents is 1. The fraction of sp³-hybridized carbons (Fsp3) is 0.200. The molecule has 6 nitrogen and oxygen atoms in total. The first kappa shape index (κ1) is 13.4. The molecule has 1 unspecified atom stereocenters. The summed E-state index contributed by atoms with van der Waals surface area (Å²) in [6.07, 6.45) is -0.335. The van der Waals surface area contributed by atoms with Gasteiger partial charge in [0.05, 0.1) is 11.0 Å². The summed E-state index contributed by atoms with van der Waals surface area (Å²) in [5, 5.41) is 20.8. The van der Waals surface area contributed by atoms with Crippen molar-refractivity contribution in [3.05, 3.63) is 63.7 Å². The van der Waals surface area contributed by atoms with Crippen molar-refractivity contribution in [3.63, 3.8) is 0 Å². The lowest BCUT2D eigenvalue weighted by molar-refractivity contribution is -0.384. The molecule has 2 aromatic rings. The Labute approximate surface area is 120 Å². The number of aliphatic hydroxyl groups is 1. The minimum atomic E-state index is -0.707. The van der Waals surface area contributed by atoms with Crippen LogP contribution in [0.1, 0.15) is 17.2 Å². The lowest BCUT2D eigenvalue weighted by Gasteiger charge is -2.11. The second kappa shape index (κ2) is 5.41. The van der Waals surface area contributed by atoms with E-state index in [1.807, 2.05) is 0 Å². The van der Waals surface area contributed by atoms with Crippen LogP contribution in [0.2, 0.25) is 0 Å². The van der Waals surface area contributed by atoms with Gasteiger partial charge in [0.25, 0.3) is 5.69 Å². The molecule has 3 rings (SSSR count). The third kappa shape index (κ3) is 2.80. The highest BCUT2D eigenvalue weighted by atomic mass is 16.7. The Kier molecular flexibility index (Phi) is 3.45. The summed E-state index contributed by atoms with van der Waals surface area (Å²) >= 11 is 0. The first-order valence-corrected chi connectivity index (χ1v) is 6.44. The summed E-state index contributed by atoms with van der Waals surface area (Å²) in [6.45, 7) is 0.192. The maximum atomic E-state index is 10.6. The highest BCUT2D eigenvalue weighted by Crippen LogP contribution is 2.34. The van der Waals surface area contributed by atoms with Crippen LogP contribution in [0.5, 0.6) is 11.5 Å². The molecule has 0 aromatic heterocycles. The van der Waals surface area contributed by atoms with Gasteiger partial charge in [-0.15, -0.1) is 0 Å². The normalized spacial score (nSPS) is 14.0. The maximum Gasteiger partial charge on any atom is 0.269 e. The number of nitro benzene ring substituents is 1. The SMILES string of the molecule is O=[N+]([O-])c1ccc(CC(O)c2ccc3c(c2)OCO3)cc1. The maximum absolute atomic E-state index is 10.6. The summed E-state index contributed by atoms with van der Waals surface area (Å²) in [6, 6.07) is 11.4. The van der Waals surface area contributed by atoms with Gasteiger partial charge in [-0.3, -0.25) is 10.1 Å². The molecule has 1 N–H and O–H groups in total. The van der Waals surface area contributed by atoms with E-state index in [0.29, 0.717) is 17.9 Å². The van der Waals surface area contributed by atoms with Gasteiger partial charge in [-0.05, 0) is 23.3 Å². The Morgan fingerprint density at radius 3 is 2.57 bits per heavy atom. The topological polar surface area (TPSA) is 81.8 Å². The summed E-state index contributed by atoms with van der Waals surface area (Å²) < 4.78 is 10.5. The predicted molar refractivity (Wildman–Crippen MR) is 74.3 cm³/mol. The standard InChI is InChI=1S/C15H13NO5/c17-13(7-10-1-4-12(5-2-10)16(18)19)11-3-6-14-15(8-11)21-9-20-14/h1-6,8,13,17H,7,9H2. The molecule has 1 aliphatic rings. The van der Waals surface area contributed by atoms with Crippen LogP contribution >= 0.6 is 0 Å². The molecule has 0 amide bonds. The van der Waals surface area contributed by atoms with Crippen LogP contribution in [0.4, 0.5) is 5.69 Å². The lowest BCUT2D eigenvalue weighted by Crippen LogP contribution is -2.02. The number of aliphatic hydroxyl groups excluding tert-OH is 1. The van der Waals surface area contributed by atoms with Gasteiger partial charge in [0.15, 0.2) is 11.5 Å². The molecular weight excluding hydrogens is 274 g/mol. The van der Waals surface area contributed by atoms with Crippen molar-refractivity contribution in [1.29, 1.82) is 0 Å². The van der Waals surface area contributed by atoms with Crippen LogP contribution in [0.15, 0.2) is 42.5 Å². The average Bonchev–Trinajstić information content (AvgIpc) is 2.95. The number of hydrogen-bond donors (Lipinski definition) is 1. The van der Waals surface area contributed by atoms with Gasteiger partial charge in [-0.25, -0.2) is 0 Å². The molecule has 1 aliphatic heterocycles. The Hall–Kier alpha value is -2.60. The molecule has 108 valence electrons. The largest absolute Gasteiger partial charge is 0.454 e. The number of nitro groups is 1. The van der Waals surface area contributed by atoms with Crippen molar-refractivity contribution in [2.75, 3.05) is 6.79 Å². The molecule has 0 saturated heterocycles. The van der Waals surface area contributed by atoms with E-state index in [1.165, 1.54) is 12.1 Å². The second-order valence-electron chi connectivity index (χ2n) is 4.76. The number of hydrogen-bond acceptors (Lipinski definition) is 5. The number of nitrogens with zero attached hydrogens (tertiary/aromatic N) is 1. The van der Waals surface area contributed by atoms with Gasteiger partial charge in [0.1, 0.15) is 0 Å². The number of benzene rings is 2. The Morgan fingerprint density at radius 1 is 1.14 bits per heavy atom. The monoisotopic (exact) mass is 287 g/mol. The highest BCUT2D eigenvalue weighted by Gasteiger charge is 2.17. The third-order valence-electron chi connectivity index (χ3n) is 3.36. The molecule has 1 atom stereocenters. The van der Waals surface area contributed by atoms with E-state index in [1.54, 1.807) is 30.3 Å². The predicted octanol–water partition coefficient (Wildman–Crippen LogP) is 2.60. The first-order chi connectivity index (χ1) is 10.1. The van der Waals surface area contributed by atoms with Crippen LogP contribution in [0, 0.1) is 10.1 Å². The van der Waals surface area contributed by atoms with Gasteiger partial charge in [0, 0.05) is 18.6 Å². The van der Waals surface area contributed by atoms with Gasteiger partial charge in [-0.2, -0.15) is 0 Å². The molecular formula is C15H13NO5. The molecule has 0 spiro atoms. The van der Waals surface area contributed by atoms with Crippen molar-refractivity contribution in [3.8, 4) is 11.5 Å². The molecule has 0 aliphatic carbocycles. The third-order valence-corrected chi connectivity index (χ3v) is 3.36. The minimum absolute atomic E-state index is 0.0383. The van der Waals surface area contributed by atoms with Gasteiger partial charge < -0.3 is 14.6 Å². The minimum Gasteiger partial charge on any atom is -0.454 e. The van der Waals surface area contributed by atoms with E-state index in [9.17, 15) is 15.2 Å². The zero-order chi connectivity index (χ0) is 14.8. The van der Waals surface area contributed by atoms with Crippen LogP contribution < -0.4 is 9.47 Å². The van der Waals surface area contributed by atoms with E-state index in [2.05, 4.69) is 0 Å². The van der Waals surface area contributed by atoms with Gasteiger partial charge >= 0.3 is 0 Å². The smallest absolute Gasteiger partial charge is 0.269 e. The fourth-order valence-electron chi connectivity index (χ4n) is 2.22. The zero-order valence-electron chi connectivity index (χ0n) is 11.1. The van der Waals surface area contributed by atoms with E-state index >= 15 is 0 Å². The Balaban J connectivity index is 1.73. The number of fused-ring (bicyclic) bond motifs is 1. The zero-order valence-corrected chi connectivity index (χ0v) is 11.1. The van der Waals surface area contributed by atoms with Crippen molar-refractivity contribution < 1.29 is 19.5 Å². The highest BCUT2D eigenvalue weighted by molar-refractivity contribution is 5.45. The number of rotatable bonds is 4. The number of ether oxygens (including phenoxy) is 2. The second-order valence-corrected chi connectivity index (χ2v) is 4.76. The first-order valence-electron chi connectivity index (χ1n) is 6.44. The summed E-state index contributed by atoms with van der Waals surface area (Å²) in [5.74, 6) is 1.29. The summed E-state index contributed by atoms with van der Waals surface area (Å²) in [5.41, 5.74) is 1.58. The molecule has 0 bridgehead atoms. The van der Waals surface area contributed by atoms with Crippen LogP contribution in [0.3, 0.4) is 0 Å². The molecule has 21 heavy (non-hydrogen) atoms. The molecule has 0 radical (unpaired) electrons. The fourth-order valence-corrected chi connectivity index (χ4v) is 2.22. The van der Waals surface area contributed by atoms with Crippen LogP contribution in [-0.2, 0) is 6.42 Å². The lowest BCUT2D eigenvalue weighted by atomic mass is 10.0.